The lowest BCUT2D eigenvalue weighted by Gasteiger charge is -2.34. The molecule has 140 valence electrons. The van der Waals surface area contributed by atoms with Gasteiger partial charge in [0.05, 0.1) is 30.6 Å². The van der Waals surface area contributed by atoms with E-state index in [-0.39, 0.29) is 28.9 Å². The number of ketones is 1. The fourth-order valence-corrected chi connectivity index (χ4v) is 3.79. The highest BCUT2D eigenvalue weighted by atomic mass is 35.5. The molecule has 0 bridgehead atoms. The molecule has 0 aliphatic carbocycles. The van der Waals surface area contributed by atoms with E-state index in [1.165, 1.54) is 13.4 Å². The Kier molecular flexibility index (Phi) is 4.11. The highest BCUT2D eigenvalue weighted by Gasteiger charge is 2.47. The van der Waals surface area contributed by atoms with Crippen molar-refractivity contribution in [2.75, 3.05) is 25.1 Å². The molecule has 1 spiro atoms. The Labute approximate surface area is 159 Å². The van der Waals surface area contributed by atoms with Gasteiger partial charge in [-0.1, -0.05) is 11.6 Å². The van der Waals surface area contributed by atoms with Crippen LogP contribution in [0.5, 0.6) is 11.5 Å². The molecular formula is C17H15ClN4O5. The SMILES string of the molecule is COc1ccc2c(c1)C(=O)CC1(CCN(c3ncnc(Cl)c3[N+](=O)[O-])C1)O2. The lowest BCUT2D eigenvalue weighted by atomic mass is 9.89. The number of nitrogens with zero attached hydrogens (tertiary/aromatic N) is 4. The number of nitro groups is 1. The fourth-order valence-electron chi connectivity index (χ4n) is 3.59. The lowest BCUT2D eigenvalue weighted by Crippen LogP contribution is -2.44. The second-order valence-corrected chi connectivity index (χ2v) is 6.87. The van der Waals surface area contributed by atoms with Crippen LogP contribution in [-0.4, -0.2) is 46.5 Å². The number of methoxy groups -OCH3 is 1. The van der Waals surface area contributed by atoms with E-state index in [4.69, 9.17) is 21.1 Å². The number of ether oxygens (including phenoxy) is 2. The number of halogens is 1. The third kappa shape index (κ3) is 2.93. The van der Waals surface area contributed by atoms with E-state index < -0.39 is 10.5 Å². The van der Waals surface area contributed by atoms with Crippen molar-refractivity contribution in [2.24, 2.45) is 0 Å². The molecule has 1 atom stereocenters. The predicted octanol–water partition coefficient (Wildman–Crippen LogP) is 2.66. The summed E-state index contributed by atoms with van der Waals surface area (Å²) in [5.41, 5.74) is -0.623. The number of rotatable bonds is 3. The van der Waals surface area contributed by atoms with Gasteiger partial charge in [-0.3, -0.25) is 14.9 Å². The summed E-state index contributed by atoms with van der Waals surface area (Å²) in [5.74, 6) is 1.16. The maximum absolute atomic E-state index is 12.7. The zero-order chi connectivity index (χ0) is 19.2. The molecule has 0 N–H and O–H groups in total. The van der Waals surface area contributed by atoms with Crippen LogP contribution in [0.15, 0.2) is 24.5 Å². The highest BCUT2D eigenvalue weighted by Crippen LogP contribution is 2.42. The van der Waals surface area contributed by atoms with Gasteiger partial charge in [0.25, 0.3) is 0 Å². The van der Waals surface area contributed by atoms with Crippen LogP contribution in [0.1, 0.15) is 23.2 Å². The first-order valence-electron chi connectivity index (χ1n) is 8.22. The number of anilines is 1. The first-order chi connectivity index (χ1) is 12.9. The summed E-state index contributed by atoms with van der Waals surface area (Å²) in [6.07, 6.45) is 1.89. The third-order valence-corrected chi connectivity index (χ3v) is 5.13. The quantitative estimate of drug-likeness (QED) is 0.447. The normalized spacial score (nSPS) is 21.1. The topological polar surface area (TPSA) is 108 Å². The van der Waals surface area contributed by atoms with E-state index >= 15 is 0 Å². The number of Topliss-reactive ketones (excluding diaryl/α,β-unsaturated/α-hetero) is 1. The molecule has 2 aliphatic heterocycles. The van der Waals surface area contributed by atoms with E-state index in [9.17, 15) is 14.9 Å². The Morgan fingerprint density at radius 1 is 1.41 bits per heavy atom. The van der Waals surface area contributed by atoms with Crippen LogP contribution in [0.25, 0.3) is 0 Å². The van der Waals surface area contributed by atoms with Crippen LogP contribution < -0.4 is 14.4 Å². The number of fused-ring (bicyclic) bond motifs is 1. The van der Waals surface area contributed by atoms with E-state index in [1.807, 2.05) is 0 Å². The molecule has 2 aliphatic rings. The van der Waals surface area contributed by atoms with Crippen molar-refractivity contribution in [3.63, 3.8) is 0 Å². The van der Waals surface area contributed by atoms with Gasteiger partial charge in [-0.15, -0.1) is 0 Å². The molecule has 27 heavy (non-hydrogen) atoms. The molecule has 4 rings (SSSR count). The van der Waals surface area contributed by atoms with Crippen LogP contribution in [0.4, 0.5) is 11.5 Å². The monoisotopic (exact) mass is 390 g/mol. The van der Waals surface area contributed by atoms with E-state index in [1.54, 1.807) is 23.1 Å². The number of carbonyl (C=O) groups excluding carboxylic acids is 1. The molecule has 9 nitrogen and oxygen atoms in total. The molecule has 1 aromatic carbocycles. The maximum atomic E-state index is 12.7. The summed E-state index contributed by atoms with van der Waals surface area (Å²) < 4.78 is 11.3. The summed E-state index contributed by atoms with van der Waals surface area (Å²) in [4.78, 5) is 32.9. The fraction of sp³-hybridized carbons (Fsp3) is 0.353. The van der Waals surface area contributed by atoms with Crippen molar-refractivity contribution in [2.45, 2.75) is 18.4 Å². The Hall–Kier alpha value is -2.94. The first-order valence-corrected chi connectivity index (χ1v) is 8.60. The summed E-state index contributed by atoms with van der Waals surface area (Å²) in [7, 11) is 1.53. The van der Waals surface area contributed by atoms with E-state index in [0.29, 0.717) is 36.6 Å². The Morgan fingerprint density at radius 3 is 2.96 bits per heavy atom. The Bertz CT molecular complexity index is 953. The molecule has 1 saturated heterocycles. The van der Waals surface area contributed by atoms with E-state index in [2.05, 4.69) is 9.97 Å². The van der Waals surface area contributed by atoms with Crippen molar-refractivity contribution in [1.29, 1.82) is 0 Å². The van der Waals surface area contributed by atoms with Crippen LogP contribution >= 0.6 is 11.6 Å². The Morgan fingerprint density at radius 2 is 2.22 bits per heavy atom. The Balaban J connectivity index is 1.64. The molecule has 1 fully saturated rings. The summed E-state index contributed by atoms with van der Waals surface area (Å²) in [6.45, 7) is 0.741. The van der Waals surface area contributed by atoms with Crippen molar-refractivity contribution in [3.05, 3.63) is 45.4 Å². The number of hydrogen-bond acceptors (Lipinski definition) is 8. The van der Waals surface area contributed by atoms with Gasteiger partial charge < -0.3 is 14.4 Å². The maximum Gasteiger partial charge on any atom is 0.348 e. The second-order valence-electron chi connectivity index (χ2n) is 6.51. The molecule has 3 heterocycles. The van der Waals surface area contributed by atoms with Crippen molar-refractivity contribution >= 4 is 28.9 Å². The first kappa shape index (κ1) is 17.5. The average Bonchev–Trinajstić information content (AvgIpc) is 3.04. The summed E-state index contributed by atoms with van der Waals surface area (Å²) in [5, 5.41) is 11.1. The standard InChI is InChI=1S/C17H15ClN4O5/c1-26-10-2-3-13-11(6-10)12(23)7-17(27-13)4-5-21(8-17)16-14(22(24)25)15(18)19-9-20-16/h2-3,6,9H,4-5,7-8H2,1H3. The second kappa shape index (κ2) is 6.34. The summed E-state index contributed by atoms with van der Waals surface area (Å²) in [6, 6.07) is 5.10. The van der Waals surface area contributed by atoms with Crippen molar-refractivity contribution in [3.8, 4) is 11.5 Å². The molecule has 2 aromatic rings. The van der Waals surface area contributed by atoms with Gasteiger partial charge in [-0.25, -0.2) is 9.97 Å². The van der Waals surface area contributed by atoms with Gasteiger partial charge in [0.15, 0.2) is 5.78 Å². The number of benzene rings is 1. The van der Waals surface area contributed by atoms with E-state index in [0.717, 1.165) is 0 Å². The number of aromatic nitrogens is 2. The molecule has 0 saturated carbocycles. The minimum atomic E-state index is -0.760. The van der Waals surface area contributed by atoms with Gasteiger partial charge >= 0.3 is 5.69 Å². The zero-order valence-electron chi connectivity index (χ0n) is 14.3. The molecule has 10 heteroatoms. The van der Waals surface area contributed by atoms with Gasteiger partial charge in [0, 0.05) is 13.0 Å². The van der Waals surface area contributed by atoms with Gasteiger partial charge in [-0.05, 0) is 18.2 Å². The molecular weight excluding hydrogens is 376 g/mol. The van der Waals surface area contributed by atoms with Crippen molar-refractivity contribution < 1.29 is 19.2 Å². The predicted molar refractivity (Wildman–Crippen MR) is 95.8 cm³/mol. The smallest absolute Gasteiger partial charge is 0.348 e. The number of carbonyl (C=O) groups is 1. The largest absolute Gasteiger partial charge is 0.497 e. The van der Waals surface area contributed by atoms with Crippen LogP contribution in [0.2, 0.25) is 5.15 Å². The third-order valence-electron chi connectivity index (χ3n) is 4.85. The van der Waals surface area contributed by atoms with Crippen molar-refractivity contribution in [1.82, 2.24) is 9.97 Å². The minimum Gasteiger partial charge on any atom is -0.497 e. The molecule has 1 aromatic heterocycles. The van der Waals surface area contributed by atoms with Gasteiger partial charge in [-0.2, -0.15) is 0 Å². The van der Waals surface area contributed by atoms with Crippen LogP contribution in [-0.2, 0) is 0 Å². The van der Waals surface area contributed by atoms with Gasteiger partial charge in [0.2, 0.25) is 11.0 Å². The minimum absolute atomic E-state index is 0.0489. The highest BCUT2D eigenvalue weighted by molar-refractivity contribution is 6.31. The molecule has 0 amide bonds. The lowest BCUT2D eigenvalue weighted by molar-refractivity contribution is -0.384. The zero-order valence-corrected chi connectivity index (χ0v) is 15.1. The molecule has 0 radical (unpaired) electrons. The van der Waals surface area contributed by atoms with Gasteiger partial charge in [0.1, 0.15) is 23.4 Å². The molecule has 1 unspecified atom stereocenters. The summed E-state index contributed by atoms with van der Waals surface area (Å²) >= 11 is 5.88. The van der Waals surface area contributed by atoms with Crippen LogP contribution in [0.3, 0.4) is 0 Å². The average molecular weight is 391 g/mol. The number of hydrogen-bond donors (Lipinski definition) is 0. The van der Waals surface area contributed by atoms with Crippen LogP contribution in [0, 0.1) is 10.1 Å².